The van der Waals surface area contributed by atoms with Gasteiger partial charge in [-0.2, -0.15) is 4.73 Å². The molecule has 2 aliphatic rings. The van der Waals surface area contributed by atoms with Gasteiger partial charge in [-0.05, 0) is 62.8 Å². The van der Waals surface area contributed by atoms with Crippen molar-refractivity contribution in [3.05, 3.63) is 65.1 Å². The molecule has 3 amide bonds. The minimum absolute atomic E-state index is 0. The van der Waals surface area contributed by atoms with Gasteiger partial charge < -0.3 is 30.0 Å². The number of halogens is 1. The Hall–Kier alpha value is -2.88. The van der Waals surface area contributed by atoms with Crippen LogP contribution in [0.3, 0.4) is 0 Å². The van der Waals surface area contributed by atoms with E-state index in [9.17, 15) is 14.8 Å². The van der Waals surface area contributed by atoms with Crippen LogP contribution in [0.1, 0.15) is 49.0 Å². The molecule has 0 aliphatic carbocycles. The highest BCUT2D eigenvalue weighted by molar-refractivity contribution is 6.04. The third-order valence-corrected chi connectivity index (χ3v) is 7.57. The lowest BCUT2D eigenvalue weighted by Crippen LogP contribution is -2.51. The molecule has 214 valence electrons. The molecule has 10 heteroatoms. The van der Waals surface area contributed by atoms with Gasteiger partial charge in [0.15, 0.2) is 12.4 Å². The molecule has 1 atom stereocenters. The molecule has 2 saturated heterocycles. The van der Waals surface area contributed by atoms with Crippen molar-refractivity contribution < 1.29 is 19.1 Å². The number of urea groups is 1. The standard InChI is InChI=1S/C29H41N5O4.ClH/c1-3-11-33(22-24-7-12-31(13-8-24)29(36)32-16-18-38-19-17-32)23(2)20-25-5-4-6-27(21-25)30-28(35)26-9-14-34(37)15-10-26;/h4-6,9-10,14-15,21,23-24H,3,7-8,11-13,16-20,22H2,1-2H3,(H,30,35);1H. The van der Waals surface area contributed by atoms with Crippen LogP contribution in [0, 0.1) is 11.1 Å². The minimum Gasteiger partial charge on any atom is -0.619 e. The fraction of sp³-hybridized carbons (Fsp3) is 0.552. The maximum absolute atomic E-state index is 12.8. The first-order valence-corrected chi connectivity index (χ1v) is 13.9. The molecule has 1 aromatic heterocycles. The van der Waals surface area contributed by atoms with Crippen molar-refractivity contribution in [2.75, 3.05) is 57.8 Å². The number of carbonyl (C=O) groups is 2. The molecular weight excluding hydrogens is 518 g/mol. The minimum atomic E-state index is -0.234. The first-order chi connectivity index (χ1) is 18.4. The molecule has 1 aromatic carbocycles. The van der Waals surface area contributed by atoms with E-state index in [1.54, 1.807) is 0 Å². The quantitative estimate of drug-likeness (QED) is 0.373. The van der Waals surface area contributed by atoms with Gasteiger partial charge in [0.1, 0.15) is 0 Å². The molecule has 2 aliphatic heterocycles. The van der Waals surface area contributed by atoms with Crippen molar-refractivity contribution >= 4 is 30.0 Å². The monoisotopic (exact) mass is 559 g/mol. The van der Waals surface area contributed by atoms with Crippen molar-refractivity contribution in [3.63, 3.8) is 0 Å². The van der Waals surface area contributed by atoms with Crippen LogP contribution in [0.4, 0.5) is 10.5 Å². The number of hydrogen-bond donors (Lipinski definition) is 1. The summed E-state index contributed by atoms with van der Waals surface area (Å²) in [6, 6.07) is 11.5. The summed E-state index contributed by atoms with van der Waals surface area (Å²) in [4.78, 5) is 31.9. The number of ether oxygens (including phenoxy) is 1. The second-order valence-corrected chi connectivity index (χ2v) is 10.5. The van der Waals surface area contributed by atoms with E-state index >= 15 is 0 Å². The van der Waals surface area contributed by atoms with E-state index in [4.69, 9.17) is 4.74 Å². The molecule has 2 fully saturated rings. The number of amides is 3. The SMILES string of the molecule is CCCN(CC1CCN(C(=O)N2CCOCC2)CC1)C(C)Cc1cccc(NC(=O)c2cc[n+]([O-])cc2)c1.Cl. The maximum Gasteiger partial charge on any atom is 0.320 e. The fourth-order valence-corrected chi connectivity index (χ4v) is 5.39. The van der Waals surface area contributed by atoms with Crippen LogP contribution in [-0.2, 0) is 11.2 Å². The molecule has 0 spiro atoms. The van der Waals surface area contributed by atoms with E-state index in [0.717, 1.165) is 57.5 Å². The molecule has 9 nitrogen and oxygen atoms in total. The normalized spacial score (nSPS) is 17.0. The zero-order valence-electron chi connectivity index (χ0n) is 23.1. The predicted octanol–water partition coefficient (Wildman–Crippen LogP) is 3.80. The Bertz CT molecular complexity index is 1060. The number of nitrogens with zero attached hydrogens (tertiary/aromatic N) is 4. The summed E-state index contributed by atoms with van der Waals surface area (Å²) in [5.41, 5.74) is 2.37. The largest absolute Gasteiger partial charge is 0.619 e. The second-order valence-electron chi connectivity index (χ2n) is 10.5. The molecule has 1 N–H and O–H groups in total. The van der Waals surface area contributed by atoms with Gasteiger partial charge in [-0.25, -0.2) is 4.79 Å². The number of anilines is 1. The Balaban J connectivity index is 0.00000420. The lowest BCUT2D eigenvalue weighted by atomic mass is 9.95. The summed E-state index contributed by atoms with van der Waals surface area (Å²) in [6.45, 7) is 10.9. The lowest BCUT2D eigenvalue weighted by Gasteiger charge is -2.39. The molecule has 0 bridgehead atoms. The van der Waals surface area contributed by atoms with Gasteiger partial charge in [0, 0.05) is 56.6 Å². The van der Waals surface area contributed by atoms with E-state index in [0.29, 0.717) is 48.6 Å². The number of piperidine rings is 1. The van der Waals surface area contributed by atoms with E-state index in [-0.39, 0.29) is 24.3 Å². The van der Waals surface area contributed by atoms with Crippen molar-refractivity contribution in [2.24, 2.45) is 5.92 Å². The van der Waals surface area contributed by atoms with Crippen molar-refractivity contribution in [1.82, 2.24) is 14.7 Å². The number of pyridine rings is 1. The number of carbonyl (C=O) groups excluding carboxylic acids is 2. The maximum atomic E-state index is 12.8. The van der Waals surface area contributed by atoms with Crippen molar-refractivity contribution in [1.29, 1.82) is 0 Å². The topological polar surface area (TPSA) is 92.1 Å². The van der Waals surface area contributed by atoms with E-state index in [1.807, 2.05) is 28.0 Å². The Labute approximate surface area is 238 Å². The molecule has 1 unspecified atom stereocenters. The Morgan fingerprint density at radius 1 is 1.10 bits per heavy atom. The second kappa shape index (κ2) is 15.1. The van der Waals surface area contributed by atoms with Crippen LogP contribution in [0.25, 0.3) is 0 Å². The lowest BCUT2D eigenvalue weighted by molar-refractivity contribution is -0.605. The number of likely N-dealkylation sites (tertiary alicyclic amines) is 1. The van der Waals surface area contributed by atoms with Crippen LogP contribution in [0.5, 0.6) is 0 Å². The number of rotatable bonds is 9. The summed E-state index contributed by atoms with van der Waals surface area (Å²) in [5, 5.41) is 14.2. The first-order valence-electron chi connectivity index (χ1n) is 13.9. The van der Waals surface area contributed by atoms with E-state index in [1.165, 1.54) is 30.1 Å². The molecular formula is C29H42ClN5O4. The summed E-state index contributed by atoms with van der Waals surface area (Å²) < 4.78 is 6.05. The summed E-state index contributed by atoms with van der Waals surface area (Å²) in [7, 11) is 0. The van der Waals surface area contributed by atoms with Crippen LogP contribution in [0.2, 0.25) is 0 Å². The third-order valence-electron chi connectivity index (χ3n) is 7.57. The number of benzene rings is 1. The molecule has 4 rings (SSSR count). The Morgan fingerprint density at radius 2 is 1.77 bits per heavy atom. The smallest absolute Gasteiger partial charge is 0.320 e. The molecule has 3 heterocycles. The van der Waals surface area contributed by atoms with Crippen LogP contribution in [0.15, 0.2) is 48.8 Å². The zero-order valence-corrected chi connectivity index (χ0v) is 23.9. The average molecular weight is 560 g/mol. The van der Waals surface area contributed by atoms with Gasteiger partial charge in [0.25, 0.3) is 5.91 Å². The predicted molar refractivity (Wildman–Crippen MR) is 154 cm³/mol. The molecule has 0 saturated carbocycles. The zero-order chi connectivity index (χ0) is 26.9. The van der Waals surface area contributed by atoms with Gasteiger partial charge in [0.05, 0.1) is 18.8 Å². The number of aromatic nitrogens is 1. The molecule has 0 radical (unpaired) electrons. The highest BCUT2D eigenvalue weighted by Gasteiger charge is 2.29. The number of morpholine rings is 1. The highest BCUT2D eigenvalue weighted by atomic mass is 35.5. The first kappa shape index (κ1) is 30.7. The molecule has 2 aromatic rings. The van der Waals surface area contributed by atoms with Crippen molar-refractivity contribution in [3.8, 4) is 0 Å². The van der Waals surface area contributed by atoms with Gasteiger partial charge in [0.2, 0.25) is 0 Å². The Kier molecular flexibility index (Phi) is 11.8. The van der Waals surface area contributed by atoms with Crippen LogP contribution >= 0.6 is 12.4 Å². The summed E-state index contributed by atoms with van der Waals surface area (Å²) >= 11 is 0. The Morgan fingerprint density at radius 3 is 2.44 bits per heavy atom. The van der Waals surface area contributed by atoms with Gasteiger partial charge >= 0.3 is 6.03 Å². The van der Waals surface area contributed by atoms with Gasteiger partial charge in [-0.1, -0.05) is 19.1 Å². The van der Waals surface area contributed by atoms with Gasteiger partial charge in [-0.3, -0.25) is 4.79 Å². The fourth-order valence-electron chi connectivity index (χ4n) is 5.39. The van der Waals surface area contributed by atoms with Crippen molar-refractivity contribution in [2.45, 2.75) is 45.6 Å². The van der Waals surface area contributed by atoms with Gasteiger partial charge in [-0.15, -0.1) is 12.4 Å². The summed E-state index contributed by atoms with van der Waals surface area (Å²) in [5.74, 6) is 0.351. The number of hydrogen-bond acceptors (Lipinski definition) is 5. The molecule has 39 heavy (non-hydrogen) atoms. The highest BCUT2D eigenvalue weighted by Crippen LogP contribution is 2.22. The average Bonchev–Trinajstić information content (AvgIpc) is 2.94. The number of nitrogens with one attached hydrogen (secondary N) is 1. The third kappa shape index (κ3) is 8.81. The van der Waals surface area contributed by atoms with Crippen LogP contribution in [-0.4, -0.2) is 85.2 Å². The van der Waals surface area contributed by atoms with E-state index in [2.05, 4.69) is 30.1 Å². The van der Waals surface area contributed by atoms with E-state index < -0.39 is 0 Å². The summed E-state index contributed by atoms with van der Waals surface area (Å²) in [6.07, 6.45) is 6.70. The van der Waals surface area contributed by atoms with Crippen LogP contribution < -0.4 is 10.0 Å².